The Morgan fingerprint density at radius 2 is 2.19 bits per heavy atom. The molecule has 4 nitrogen and oxygen atoms in total. The molecule has 0 aliphatic heterocycles. The Hall–Kier alpha value is -1.71. The summed E-state index contributed by atoms with van der Waals surface area (Å²) in [5, 5.41) is 21.1. The van der Waals surface area contributed by atoms with Gasteiger partial charge in [-0.15, -0.1) is 0 Å². The van der Waals surface area contributed by atoms with Gasteiger partial charge in [0.1, 0.15) is 11.5 Å². The monoisotopic (exact) mass is 222 g/mol. The van der Waals surface area contributed by atoms with Crippen LogP contribution < -0.4 is 5.32 Å². The summed E-state index contributed by atoms with van der Waals surface area (Å²) >= 11 is 0. The average molecular weight is 222 g/mol. The van der Waals surface area contributed by atoms with E-state index in [1.54, 1.807) is 6.42 Å². The van der Waals surface area contributed by atoms with Gasteiger partial charge in [-0.05, 0) is 18.1 Å². The van der Waals surface area contributed by atoms with Crippen LogP contribution in [0, 0.1) is 12.3 Å². The van der Waals surface area contributed by atoms with Crippen LogP contribution in [0.5, 0.6) is 11.5 Å². The van der Waals surface area contributed by atoms with E-state index in [0.717, 1.165) is 6.42 Å². The van der Waals surface area contributed by atoms with Gasteiger partial charge in [0.05, 0.1) is 12.1 Å². The highest BCUT2D eigenvalue weighted by Gasteiger charge is 2.10. The maximum atomic E-state index is 11.5. The Balaban J connectivity index is 2.63. The maximum absolute atomic E-state index is 11.5. The van der Waals surface area contributed by atoms with Crippen LogP contribution in [0.4, 0.5) is 5.69 Å². The van der Waals surface area contributed by atoms with Crippen LogP contribution >= 0.6 is 0 Å². The molecule has 3 N–H and O–H groups in total. The standard InChI is InChI=1S/C12H16NO3/c1-3-8(2)6-12(16)13-10-5-4-9(14)7-11(10)15/h4-8,14-15H,3H2,1-2H3,(H,13,16)/t8-/m1/s1. The molecule has 0 spiro atoms. The third-order valence-electron chi connectivity index (χ3n) is 2.32. The van der Waals surface area contributed by atoms with Crippen molar-refractivity contribution in [3.05, 3.63) is 24.6 Å². The number of carbonyl (C=O) groups excluding carboxylic acids is 1. The summed E-state index contributed by atoms with van der Waals surface area (Å²) in [5.74, 6) is -0.248. The van der Waals surface area contributed by atoms with Crippen LogP contribution in [0.3, 0.4) is 0 Å². The molecule has 0 saturated heterocycles. The lowest BCUT2D eigenvalue weighted by atomic mass is 10.1. The molecule has 1 rings (SSSR count). The zero-order valence-corrected chi connectivity index (χ0v) is 9.40. The molecule has 1 aromatic rings. The van der Waals surface area contributed by atoms with Gasteiger partial charge in [-0.1, -0.05) is 20.3 Å². The largest absolute Gasteiger partial charge is 0.508 e. The van der Waals surface area contributed by atoms with Gasteiger partial charge in [0, 0.05) is 6.07 Å². The number of hydrogen-bond donors (Lipinski definition) is 3. The van der Waals surface area contributed by atoms with Crippen LogP contribution in [0.25, 0.3) is 0 Å². The number of aromatic hydroxyl groups is 2. The van der Waals surface area contributed by atoms with E-state index in [1.165, 1.54) is 18.2 Å². The zero-order chi connectivity index (χ0) is 12.1. The molecule has 16 heavy (non-hydrogen) atoms. The van der Waals surface area contributed by atoms with Gasteiger partial charge in [0.15, 0.2) is 0 Å². The number of anilines is 1. The molecule has 0 saturated carbocycles. The van der Waals surface area contributed by atoms with Crippen LogP contribution in [0.1, 0.15) is 20.3 Å². The molecule has 0 aliphatic rings. The number of hydrogen-bond acceptors (Lipinski definition) is 3. The fourth-order valence-electron chi connectivity index (χ4n) is 1.18. The first-order chi connectivity index (χ1) is 7.52. The topological polar surface area (TPSA) is 69.6 Å². The van der Waals surface area contributed by atoms with Crippen molar-refractivity contribution in [3.63, 3.8) is 0 Å². The van der Waals surface area contributed by atoms with Gasteiger partial charge >= 0.3 is 0 Å². The molecule has 0 unspecified atom stereocenters. The fourth-order valence-corrected chi connectivity index (χ4v) is 1.18. The Morgan fingerprint density at radius 3 is 2.75 bits per heavy atom. The van der Waals surface area contributed by atoms with Crippen LogP contribution in [0.15, 0.2) is 18.2 Å². The summed E-state index contributed by atoms with van der Waals surface area (Å²) in [7, 11) is 0. The number of benzene rings is 1. The summed E-state index contributed by atoms with van der Waals surface area (Å²) in [4.78, 5) is 11.5. The summed E-state index contributed by atoms with van der Waals surface area (Å²) in [6.45, 7) is 3.93. The SMILES string of the molecule is CC[C@@H](C)[CH]C(=O)Nc1ccc(O)cc1O. The first-order valence-corrected chi connectivity index (χ1v) is 5.20. The van der Waals surface area contributed by atoms with E-state index >= 15 is 0 Å². The Morgan fingerprint density at radius 1 is 1.50 bits per heavy atom. The molecule has 1 aromatic carbocycles. The lowest BCUT2D eigenvalue weighted by molar-refractivity contribution is -0.113. The van der Waals surface area contributed by atoms with E-state index in [1.807, 2.05) is 13.8 Å². The van der Waals surface area contributed by atoms with Crippen molar-refractivity contribution < 1.29 is 15.0 Å². The van der Waals surface area contributed by atoms with Crippen molar-refractivity contribution >= 4 is 11.6 Å². The number of phenols is 2. The van der Waals surface area contributed by atoms with Gasteiger partial charge in [-0.3, -0.25) is 4.79 Å². The highest BCUT2D eigenvalue weighted by atomic mass is 16.3. The predicted octanol–water partition coefficient (Wildman–Crippen LogP) is 2.29. The van der Waals surface area contributed by atoms with Crippen molar-refractivity contribution in [2.75, 3.05) is 5.32 Å². The molecule has 4 heteroatoms. The average Bonchev–Trinajstić information content (AvgIpc) is 2.22. The molecule has 0 aromatic heterocycles. The minimum atomic E-state index is -0.254. The molecule has 0 bridgehead atoms. The van der Waals surface area contributed by atoms with Crippen molar-refractivity contribution in [1.82, 2.24) is 0 Å². The van der Waals surface area contributed by atoms with Crippen molar-refractivity contribution in [1.29, 1.82) is 0 Å². The summed E-state index contributed by atoms with van der Waals surface area (Å²) < 4.78 is 0. The van der Waals surface area contributed by atoms with Crippen molar-refractivity contribution in [2.45, 2.75) is 20.3 Å². The van der Waals surface area contributed by atoms with Crippen LogP contribution in [-0.4, -0.2) is 16.1 Å². The van der Waals surface area contributed by atoms with Gasteiger partial charge in [0.2, 0.25) is 5.91 Å². The molecule has 87 valence electrons. The number of rotatable bonds is 4. The highest BCUT2D eigenvalue weighted by molar-refractivity contribution is 5.98. The quantitative estimate of drug-likeness (QED) is 0.540. The summed E-state index contributed by atoms with van der Waals surface area (Å²) in [6.07, 6.45) is 2.45. The van der Waals surface area contributed by atoms with E-state index in [-0.39, 0.29) is 23.3 Å². The number of nitrogens with one attached hydrogen (secondary N) is 1. The molecular weight excluding hydrogens is 206 g/mol. The smallest absolute Gasteiger partial charge is 0.228 e. The lowest BCUT2D eigenvalue weighted by Crippen LogP contribution is -2.15. The maximum Gasteiger partial charge on any atom is 0.228 e. The van der Waals surface area contributed by atoms with Gasteiger partial charge in [-0.2, -0.15) is 0 Å². The van der Waals surface area contributed by atoms with E-state index < -0.39 is 0 Å². The first kappa shape index (κ1) is 12.4. The number of carbonyl (C=O) groups is 1. The molecule has 1 amide bonds. The molecule has 0 fully saturated rings. The second kappa shape index (κ2) is 5.39. The molecule has 0 aliphatic carbocycles. The van der Waals surface area contributed by atoms with Crippen molar-refractivity contribution in [2.24, 2.45) is 5.92 Å². The van der Waals surface area contributed by atoms with Gasteiger partial charge in [-0.25, -0.2) is 0 Å². The van der Waals surface area contributed by atoms with E-state index in [9.17, 15) is 9.90 Å². The summed E-state index contributed by atoms with van der Waals surface area (Å²) in [5.41, 5.74) is 0.294. The molecule has 1 radical (unpaired) electrons. The van der Waals surface area contributed by atoms with Gasteiger partial charge in [0.25, 0.3) is 0 Å². The number of amides is 1. The van der Waals surface area contributed by atoms with E-state index in [0.29, 0.717) is 5.69 Å². The summed E-state index contributed by atoms with van der Waals surface area (Å²) in [6, 6.07) is 4.03. The first-order valence-electron chi connectivity index (χ1n) is 5.20. The molecular formula is C12H16NO3. The minimum Gasteiger partial charge on any atom is -0.508 e. The highest BCUT2D eigenvalue weighted by Crippen LogP contribution is 2.27. The van der Waals surface area contributed by atoms with Gasteiger partial charge < -0.3 is 15.5 Å². The third kappa shape index (κ3) is 3.46. The zero-order valence-electron chi connectivity index (χ0n) is 9.40. The van der Waals surface area contributed by atoms with Crippen LogP contribution in [0.2, 0.25) is 0 Å². The fraction of sp³-hybridized carbons (Fsp3) is 0.333. The molecule has 1 atom stereocenters. The van der Waals surface area contributed by atoms with E-state index in [2.05, 4.69) is 5.32 Å². The Labute approximate surface area is 94.9 Å². The Bertz CT molecular complexity index is 377. The Kier molecular flexibility index (Phi) is 4.17. The second-order valence-corrected chi connectivity index (χ2v) is 3.74. The third-order valence-corrected chi connectivity index (χ3v) is 2.32. The second-order valence-electron chi connectivity index (χ2n) is 3.74. The van der Waals surface area contributed by atoms with Crippen LogP contribution in [-0.2, 0) is 4.79 Å². The predicted molar refractivity (Wildman–Crippen MR) is 62.2 cm³/mol. The van der Waals surface area contributed by atoms with E-state index in [4.69, 9.17) is 5.11 Å². The van der Waals surface area contributed by atoms with Crippen molar-refractivity contribution in [3.8, 4) is 11.5 Å². The number of phenolic OH excluding ortho intramolecular Hbond substituents is 2. The molecule has 0 heterocycles. The lowest BCUT2D eigenvalue weighted by Gasteiger charge is -2.10. The minimum absolute atomic E-state index is 0.0404. The normalized spacial score (nSPS) is 12.1.